The number of carbonyl (C=O) groups excluding carboxylic acids is 2. The van der Waals surface area contributed by atoms with Crippen LogP contribution in [0.3, 0.4) is 0 Å². The summed E-state index contributed by atoms with van der Waals surface area (Å²) in [6, 6.07) is 5.98. The van der Waals surface area contributed by atoms with Gasteiger partial charge in [-0.25, -0.2) is 4.79 Å². The highest BCUT2D eigenvalue weighted by atomic mass is 19.4. The third kappa shape index (κ3) is 4.19. The molecule has 0 amide bonds. The van der Waals surface area contributed by atoms with Crippen LogP contribution in [0.5, 0.6) is 0 Å². The Kier molecular flexibility index (Phi) is 6.04. The van der Waals surface area contributed by atoms with Crippen LogP contribution in [0.15, 0.2) is 56.0 Å². The van der Waals surface area contributed by atoms with Crippen LogP contribution in [0, 0.1) is 6.92 Å². The summed E-state index contributed by atoms with van der Waals surface area (Å²) in [7, 11) is 0. The number of carbonyl (C=O) groups is 2. The first-order valence-corrected chi connectivity index (χ1v) is 9.83. The number of ether oxygens (including phenoxy) is 1. The highest BCUT2D eigenvalue weighted by Crippen LogP contribution is 2.42. The minimum absolute atomic E-state index is 0.151. The number of hydrogen-bond acceptors (Lipinski definition) is 6. The second-order valence-electron chi connectivity index (χ2n) is 7.73. The van der Waals surface area contributed by atoms with E-state index in [1.165, 1.54) is 26.0 Å². The Balaban J connectivity index is 2.28. The van der Waals surface area contributed by atoms with Gasteiger partial charge >= 0.3 is 12.1 Å². The van der Waals surface area contributed by atoms with Gasteiger partial charge < -0.3 is 14.5 Å². The molecule has 9 heteroatoms. The summed E-state index contributed by atoms with van der Waals surface area (Å²) in [5.74, 6) is -2.39. The van der Waals surface area contributed by atoms with Gasteiger partial charge in [-0.3, -0.25) is 9.59 Å². The Morgan fingerprint density at radius 3 is 2.34 bits per heavy atom. The molecule has 0 bridgehead atoms. The van der Waals surface area contributed by atoms with Crippen LogP contribution >= 0.6 is 0 Å². The standard InChI is InChI=1S/C23H22F3NO5/c1-10-9-17(29)15-7-6-8-16(21(15)31-10)20-18(13(4)28)11(2)27-12(3)19(20)22(30)32-14(5)23(24,25)26/h6-9,14,20,27H,1-5H3. The summed E-state index contributed by atoms with van der Waals surface area (Å²) in [4.78, 5) is 38.0. The highest BCUT2D eigenvalue weighted by molar-refractivity contribution is 6.03. The molecule has 32 heavy (non-hydrogen) atoms. The first-order valence-electron chi connectivity index (χ1n) is 9.83. The summed E-state index contributed by atoms with van der Waals surface area (Å²) < 4.78 is 49.6. The molecule has 0 spiro atoms. The smallest absolute Gasteiger partial charge is 0.425 e. The molecule has 1 aliphatic heterocycles. The monoisotopic (exact) mass is 449 g/mol. The first kappa shape index (κ1) is 23.3. The van der Waals surface area contributed by atoms with Crippen molar-refractivity contribution < 1.29 is 31.9 Å². The second-order valence-corrected chi connectivity index (χ2v) is 7.73. The minimum Gasteiger partial charge on any atom is -0.461 e. The molecule has 2 atom stereocenters. The number of halogens is 3. The van der Waals surface area contributed by atoms with E-state index < -0.39 is 30.0 Å². The predicted octanol–water partition coefficient (Wildman–Crippen LogP) is 4.42. The highest BCUT2D eigenvalue weighted by Gasteiger charge is 2.43. The fourth-order valence-electron chi connectivity index (χ4n) is 3.88. The molecule has 1 aliphatic rings. The van der Waals surface area contributed by atoms with E-state index in [4.69, 9.17) is 9.15 Å². The van der Waals surface area contributed by atoms with Crippen LogP contribution in [0.25, 0.3) is 11.0 Å². The lowest BCUT2D eigenvalue weighted by atomic mass is 9.78. The summed E-state index contributed by atoms with van der Waals surface area (Å²) in [6.45, 7) is 6.73. The van der Waals surface area contributed by atoms with E-state index >= 15 is 0 Å². The maximum atomic E-state index is 13.0. The van der Waals surface area contributed by atoms with Crippen molar-refractivity contribution in [3.05, 3.63) is 68.4 Å². The van der Waals surface area contributed by atoms with Gasteiger partial charge in [0.1, 0.15) is 11.3 Å². The minimum atomic E-state index is -4.75. The number of hydrogen-bond donors (Lipinski definition) is 1. The van der Waals surface area contributed by atoms with Crippen LogP contribution in [-0.2, 0) is 14.3 Å². The number of ketones is 1. The van der Waals surface area contributed by atoms with Crippen molar-refractivity contribution in [2.45, 2.75) is 52.8 Å². The molecule has 1 N–H and O–H groups in total. The number of fused-ring (bicyclic) bond motifs is 1. The van der Waals surface area contributed by atoms with Gasteiger partial charge in [0.05, 0.1) is 16.9 Å². The molecule has 3 rings (SSSR count). The summed E-state index contributed by atoms with van der Waals surface area (Å²) in [6.07, 6.45) is -7.10. The van der Waals surface area contributed by atoms with E-state index in [0.717, 1.165) is 6.92 Å². The molecule has 0 aliphatic carbocycles. The zero-order valence-electron chi connectivity index (χ0n) is 18.1. The Bertz CT molecular complexity index is 1240. The van der Waals surface area contributed by atoms with E-state index in [9.17, 15) is 27.6 Å². The molecule has 2 unspecified atom stereocenters. The number of aryl methyl sites for hydroxylation is 1. The van der Waals surface area contributed by atoms with E-state index in [2.05, 4.69) is 5.32 Å². The molecule has 1 aromatic carbocycles. The van der Waals surface area contributed by atoms with E-state index in [0.29, 0.717) is 17.0 Å². The third-order valence-electron chi connectivity index (χ3n) is 5.32. The Labute approximate surface area is 181 Å². The van der Waals surface area contributed by atoms with Gasteiger partial charge in [-0.05, 0) is 40.7 Å². The number of rotatable bonds is 4. The maximum Gasteiger partial charge on any atom is 0.425 e. The zero-order chi connectivity index (χ0) is 24.0. The van der Waals surface area contributed by atoms with Crippen molar-refractivity contribution in [3.8, 4) is 0 Å². The van der Waals surface area contributed by atoms with Gasteiger partial charge in [-0.1, -0.05) is 12.1 Å². The van der Waals surface area contributed by atoms with E-state index in [1.807, 2.05) is 0 Å². The summed E-state index contributed by atoms with van der Waals surface area (Å²) in [5.41, 5.74) is 0.821. The second kappa shape index (κ2) is 8.29. The lowest BCUT2D eigenvalue weighted by Gasteiger charge is -2.31. The van der Waals surface area contributed by atoms with Crippen molar-refractivity contribution in [2.75, 3.05) is 0 Å². The average Bonchev–Trinajstić information content (AvgIpc) is 2.65. The molecular weight excluding hydrogens is 427 g/mol. The van der Waals surface area contributed by atoms with Crippen LogP contribution in [0.1, 0.15) is 44.9 Å². The quantitative estimate of drug-likeness (QED) is 0.696. The van der Waals surface area contributed by atoms with Crippen molar-refractivity contribution in [1.82, 2.24) is 5.32 Å². The SMILES string of the molecule is CC(=O)C1=C(C)NC(C)=C(C(=O)OC(C)C(F)(F)F)C1c1cccc2c(=O)cc(C)oc12. The normalized spacial score (nSPS) is 17.9. The molecule has 2 aromatic rings. The first-order chi connectivity index (χ1) is 14.8. The number of nitrogens with one attached hydrogen (secondary N) is 1. The topological polar surface area (TPSA) is 85.6 Å². The fraction of sp³-hybridized carbons (Fsp3) is 0.348. The van der Waals surface area contributed by atoms with E-state index in [-0.39, 0.29) is 33.2 Å². The number of allylic oxidation sites excluding steroid dienone is 3. The van der Waals surface area contributed by atoms with Gasteiger partial charge in [-0.15, -0.1) is 0 Å². The number of esters is 1. The molecule has 1 aromatic heterocycles. The van der Waals surface area contributed by atoms with E-state index in [1.54, 1.807) is 26.0 Å². The lowest BCUT2D eigenvalue weighted by molar-refractivity contribution is -0.214. The van der Waals surface area contributed by atoms with Crippen molar-refractivity contribution >= 4 is 22.7 Å². The number of dihydropyridines is 1. The van der Waals surface area contributed by atoms with Gasteiger partial charge in [-0.2, -0.15) is 13.2 Å². The molecule has 0 radical (unpaired) electrons. The molecule has 2 heterocycles. The lowest BCUT2D eigenvalue weighted by Crippen LogP contribution is -2.36. The number of Topliss-reactive ketones (excluding diaryl/α,β-unsaturated/α-hetero) is 1. The van der Waals surface area contributed by atoms with Gasteiger partial charge in [0.15, 0.2) is 17.3 Å². The largest absolute Gasteiger partial charge is 0.461 e. The van der Waals surface area contributed by atoms with Crippen LogP contribution in [0.4, 0.5) is 13.2 Å². The molecule has 0 saturated heterocycles. The molecule has 170 valence electrons. The van der Waals surface area contributed by atoms with Crippen molar-refractivity contribution in [1.29, 1.82) is 0 Å². The summed E-state index contributed by atoms with van der Waals surface area (Å²) >= 11 is 0. The molecular formula is C23H22F3NO5. The van der Waals surface area contributed by atoms with Crippen LogP contribution in [0.2, 0.25) is 0 Å². The average molecular weight is 449 g/mol. The molecule has 6 nitrogen and oxygen atoms in total. The Morgan fingerprint density at radius 1 is 1.12 bits per heavy atom. The third-order valence-corrected chi connectivity index (χ3v) is 5.32. The molecule has 0 saturated carbocycles. The van der Waals surface area contributed by atoms with Gasteiger partial charge in [0.2, 0.25) is 0 Å². The van der Waals surface area contributed by atoms with Crippen molar-refractivity contribution in [2.24, 2.45) is 0 Å². The Hall–Kier alpha value is -3.36. The Morgan fingerprint density at radius 2 is 1.75 bits per heavy atom. The van der Waals surface area contributed by atoms with Crippen LogP contribution < -0.4 is 10.7 Å². The fourth-order valence-corrected chi connectivity index (χ4v) is 3.88. The molecule has 0 fully saturated rings. The predicted molar refractivity (Wildman–Crippen MR) is 111 cm³/mol. The number of alkyl halides is 3. The van der Waals surface area contributed by atoms with Gasteiger partial charge in [0.25, 0.3) is 0 Å². The maximum absolute atomic E-state index is 13.0. The number of benzene rings is 1. The number of para-hydroxylation sites is 1. The zero-order valence-corrected chi connectivity index (χ0v) is 18.1. The summed E-state index contributed by atoms with van der Waals surface area (Å²) in [5, 5.41) is 3.11. The van der Waals surface area contributed by atoms with Gasteiger partial charge in [0, 0.05) is 28.6 Å². The van der Waals surface area contributed by atoms with Crippen LogP contribution in [-0.4, -0.2) is 24.0 Å². The van der Waals surface area contributed by atoms with Crippen molar-refractivity contribution in [3.63, 3.8) is 0 Å².